The van der Waals surface area contributed by atoms with Crippen LogP contribution in [-0.2, 0) is 0 Å². The first-order chi connectivity index (χ1) is 8.08. The Morgan fingerprint density at radius 3 is 2.94 bits per heavy atom. The molecule has 94 valence electrons. The molecular formula is C13H21N3O. The van der Waals surface area contributed by atoms with E-state index in [0.717, 1.165) is 36.8 Å². The minimum atomic E-state index is 0.393. The summed E-state index contributed by atoms with van der Waals surface area (Å²) in [5.41, 5.74) is 7.76. The molecule has 0 bridgehead atoms. The lowest BCUT2D eigenvalue weighted by Gasteiger charge is -2.37. The molecule has 1 aromatic carbocycles. The fourth-order valence-corrected chi connectivity index (χ4v) is 2.07. The number of nitrogen functional groups attached to an aromatic ring is 1. The van der Waals surface area contributed by atoms with Gasteiger partial charge in [-0.05, 0) is 39.2 Å². The highest BCUT2D eigenvalue weighted by Crippen LogP contribution is 2.35. The van der Waals surface area contributed by atoms with E-state index in [1.54, 1.807) is 0 Å². The van der Waals surface area contributed by atoms with Gasteiger partial charge in [-0.15, -0.1) is 0 Å². The Kier molecular flexibility index (Phi) is 3.43. The van der Waals surface area contributed by atoms with Crippen LogP contribution in [0.4, 0.5) is 11.4 Å². The molecule has 2 rings (SSSR count). The predicted molar refractivity (Wildman–Crippen MR) is 71.7 cm³/mol. The summed E-state index contributed by atoms with van der Waals surface area (Å²) in [7, 11) is 4.18. The van der Waals surface area contributed by atoms with Gasteiger partial charge in [0.2, 0.25) is 0 Å². The minimum Gasteiger partial charge on any atom is -0.489 e. The fourth-order valence-electron chi connectivity index (χ4n) is 2.07. The molecular weight excluding hydrogens is 214 g/mol. The standard InChI is InChI=1S/C13H21N3O/c1-10-9-17-13-5-4-11(14)8-12(13)16(10)7-6-15(2)3/h4-5,8,10H,6-7,9,14H2,1-3H3. The first kappa shape index (κ1) is 12.0. The Hall–Kier alpha value is -1.42. The monoisotopic (exact) mass is 235 g/mol. The number of hydrogen-bond acceptors (Lipinski definition) is 4. The zero-order chi connectivity index (χ0) is 12.4. The lowest BCUT2D eigenvalue weighted by atomic mass is 10.1. The van der Waals surface area contributed by atoms with Gasteiger partial charge in [0, 0.05) is 18.8 Å². The molecule has 2 N–H and O–H groups in total. The van der Waals surface area contributed by atoms with Gasteiger partial charge in [0.25, 0.3) is 0 Å². The van der Waals surface area contributed by atoms with Crippen molar-refractivity contribution in [1.29, 1.82) is 0 Å². The summed E-state index contributed by atoms with van der Waals surface area (Å²) >= 11 is 0. The van der Waals surface area contributed by atoms with E-state index in [9.17, 15) is 0 Å². The molecule has 1 aromatic rings. The van der Waals surface area contributed by atoms with E-state index in [2.05, 4.69) is 30.8 Å². The highest BCUT2D eigenvalue weighted by atomic mass is 16.5. The summed E-state index contributed by atoms with van der Waals surface area (Å²) < 4.78 is 5.72. The zero-order valence-electron chi connectivity index (χ0n) is 10.8. The molecule has 4 heteroatoms. The second kappa shape index (κ2) is 4.84. The van der Waals surface area contributed by atoms with Crippen LogP contribution in [0.5, 0.6) is 5.75 Å². The Morgan fingerprint density at radius 1 is 1.47 bits per heavy atom. The van der Waals surface area contributed by atoms with Crippen LogP contribution in [0.3, 0.4) is 0 Å². The minimum absolute atomic E-state index is 0.393. The molecule has 0 aromatic heterocycles. The average Bonchev–Trinajstić information content (AvgIpc) is 2.27. The van der Waals surface area contributed by atoms with Crippen LogP contribution in [0.25, 0.3) is 0 Å². The van der Waals surface area contributed by atoms with E-state index < -0.39 is 0 Å². The Labute approximate surface area is 103 Å². The number of benzene rings is 1. The van der Waals surface area contributed by atoms with E-state index in [4.69, 9.17) is 10.5 Å². The van der Waals surface area contributed by atoms with Crippen molar-refractivity contribution in [3.63, 3.8) is 0 Å². The van der Waals surface area contributed by atoms with E-state index in [1.807, 2.05) is 18.2 Å². The van der Waals surface area contributed by atoms with Gasteiger partial charge in [-0.3, -0.25) is 0 Å². The summed E-state index contributed by atoms with van der Waals surface area (Å²) in [6, 6.07) is 6.24. The van der Waals surface area contributed by atoms with E-state index in [-0.39, 0.29) is 0 Å². The maximum Gasteiger partial charge on any atom is 0.142 e. The number of hydrogen-bond donors (Lipinski definition) is 1. The molecule has 0 spiro atoms. The second-order valence-corrected chi connectivity index (χ2v) is 4.88. The molecule has 0 fully saturated rings. The van der Waals surface area contributed by atoms with Crippen LogP contribution in [0.15, 0.2) is 18.2 Å². The van der Waals surface area contributed by atoms with Crippen LogP contribution in [0, 0.1) is 0 Å². The third-order valence-corrected chi connectivity index (χ3v) is 3.09. The van der Waals surface area contributed by atoms with Crippen molar-refractivity contribution >= 4 is 11.4 Å². The van der Waals surface area contributed by atoms with Crippen molar-refractivity contribution in [1.82, 2.24) is 4.90 Å². The van der Waals surface area contributed by atoms with Gasteiger partial charge < -0.3 is 20.3 Å². The third-order valence-electron chi connectivity index (χ3n) is 3.09. The lowest BCUT2D eigenvalue weighted by Crippen LogP contribution is -2.44. The molecule has 0 saturated heterocycles. The quantitative estimate of drug-likeness (QED) is 0.805. The van der Waals surface area contributed by atoms with Gasteiger partial charge in [-0.2, -0.15) is 0 Å². The number of nitrogens with zero attached hydrogens (tertiary/aromatic N) is 2. The molecule has 17 heavy (non-hydrogen) atoms. The summed E-state index contributed by atoms with van der Waals surface area (Å²) in [6.07, 6.45) is 0. The molecule has 1 atom stereocenters. The number of likely N-dealkylation sites (N-methyl/N-ethyl adjacent to an activating group) is 1. The molecule has 1 unspecified atom stereocenters. The number of rotatable bonds is 3. The van der Waals surface area contributed by atoms with E-state index in [1.165, 1.54) is 0 Å². The number of nitrogens with two attached hydrogens (primary N) is 1. The molecule has 0 saturated carbocycles. The molecule has 1 aliphatic rings. The Morgan fingerprint density at radius 2 is 2.24 bits per heavy atom. The SMILES string of the molecule is CC1COc2ccc(N)cc2N1CCN(C)C. The average molecular weight is 235 g/mol. The molecule has 0 radical (unpaired) electrons. The van der Waals surface area contributed by atoms with Gasteiger partial charge in [0.15, 0.2) is 0 Å². The normalized spacial score (nSPS) is 19.1. The van der Waals surface area contributed by atoms with Crippen molar-refractivity contribution in [3.8, 4) is 5.75 Å². The summed E-state index contributed by atoms with van der Waals surface area (Å²) in [5.74, 6) is 0.941. The van der Waals surface area contributed by atoms with Gasteiger partial charge in [0.1, 0.15) is 12.4 Å². The van der Waals surface area contributed by atoms with Crippen LogP contribution in [-0.4, -0.2) is 44.7 Å². The zero-order valence-corrected chi connectivity index (χ0v) is 10.8. The number of ether oxygens (including phenoxy) is 1. The maximum absolute atomic E-state index is 5.85. The van der Waals surface area contributed by atoms with Crippen LogP contribution in [0.2, 0.25) is 0 Å². The van der Waals surface area contributed by atoms with Gasteiger partial charge in [-0.25, -0.2) is 0 Å². The number of anilines is 2. The Balaban J connectivity index is 2.22. The summed E-state index contributed by atoms with van der Waals surface area (Å²) in [6.45, 7) is 4.94. The van der Waals surface area contributed by atoms with Crippen LogP contribution in [0.1, 0.15) is 6.92 Å². The predicted octanol–water partition coefficient (Wildman–Crippen LogP) is 1.42. The fraction of sp³-hybridized carbons (Fsp3) is 0.538. The molecule has 0 aliphatic carbocycles. The largest absolute Gasteiger partial charge is 0.489 e. The number of fused-ring (bicyclic) bond motifs is 1. The van der Waals surface area contributed by atoms with E-state index in [0.29, 0.717) is 6.04 Å². The molecule has 4 nitrogen and oxygen atoms in total. The van der Waals surface area contributed by atoms with Crippen LogP contribution < -0.4 is 15.4 Å². The first-order valence-electron chi connectivity index (χ1n) is 6.01. The second-order valence-electron chi connectivity index (χ2n) is 4.88. The lowest BCUT2D eigenvalue weighted by molar-refractivity contribution is 0.265. The molecule has 1 aliphatic heterocycles. The van der Waals surface area contributed by atoms with Crippen molar-refractivity contribution in [3.05, 3.63) is 18.2 Å². The molecule has 1 heterocycles. The maximum atomic E-state index is 5.85. The van der Waals surface area contributed by atoms with Crippen molar-refractivity contribution in [2.75, 3.05) is 44.4 Å². The van der Waals surface area contributed by atoms with Gasteiger partial charge in [0.05, 0.1) is 11.7 Å². The first-order valence-corrected chi connectivity index (χ1v) is 6.01. The smallest absolute Gasteiger partial charge is 0.142 e. The third kappa shape index (κ3) is 2.64. The molecule has 0 amide bonds. The highest BCUT2D eigenvalue weighted by molar-refractivity contribution is 5.66. The van der Waals surface area contributed by atoms with Crippen molar-refractivity contribution < 1.29 is 4.74 Å². The highest BCUT2D eigenvalue weighted by Gasteiger charge is 2.24. The summed E-state index contributed by atoms with van der Waals surface area (Å²) in [4.78, 5) is 4.56. The summed E-state index contributed by atoms with van der Waals surface area (Å²) in [5, 5.41) is 0. The van der Waals surface area contributed by atoms with Crippen molar-refractivity contribution in [2.45, 2.75) is 13.0 Å². The van der Waals surface area contributed by atoms with Crippen molar-refractivity contribution in [2.24, 2.45) is 0 Å². The van der Waals surface area contributed by atoms with Gasteiger partial charge in [-0.1, -0.05) is 0 Å². The Bertz CT molecular complexity index is 392. The topological polar surface area (TPSA) is 41.7 Å². The van der Waals surface area contributed by atoms with Crippen LogP contribution >= 0.6 is 0 Å². The van der Waals surface area contributed by atoms with E-state index >= 15 is 0 Å². The van der Waals surface area contributed by atoms with Gasteiger partial charge >= 0.3 is 0 Å².